The first-order valence-corrected chi connectivity index (χ1v) is 6.80. The summed E-state index contributed by atoms with van der Waals surface area (Å²) in [5, 5.41) is 3.38. The first-order chi connectivity index (χ1) is 7.81. The minimum absolute atomic E-state index is 0.290. The number of carbonyl (C=O) groups excluding carboxylic acids is 1. The Hall–Kier alpha value is -0.740. The summed E-state index contributed by atoms with van der Waals surface area (Å²) in [6.07, 6.45) is 4.15. The number of nitrogens with zero attached hydrogens (tertiary/aromatic N) is 2. The molecule has 0 aliphatic carbocycles. The maximum Gasteiger partial charge on any atom is 0.123 e. The third-order valence-corrected chi connectivity index (χ3v) is 4.15. The Balaban J connectivity index is 1.84. The molecule has 0 amide bonds. The molecule has 1 saturated heterocycles. The van der Waals surface area contributed by atoms with Gasteiger partial charge in [0.2, 0.25) is 0 Å². The second-order valence-corrected chi connectivity index (χ2v) is 5.28. The molecule has 88 valence electrons. The van der Waals surface area contributed by atoms with Gasteiger partial charge in [0.05, 0.1) is 10.7 Å². The molecule has 0 N–H and O–H groups in total. The highest BCUT2D eigenvalue weighted by molar-refractivity contribution is 7.09. The lowest BCUT2D eigenvalue weighted by Gasteiger charge is -2.28. The van der Waals surface area contributed by atoms with E-state index in [2.05, 4.69) is 22.2 Å². The van der Waals surface area contributed by atoms with E-state index in [1.165, 1.54) is 10.7 Å². The summed E-state index contributed by atoms with van der Waals surface area (Å²) in [6, 6.07) is 0. The molecule has 3 nitrogen and oxygen atoms in total. The molecular formula is C12H18N2OS. The van der Waals surface area contributed by atoms with Crippen molar-refractivity contribution in [1.29, 1.82) is 0 Å². The number of piperidine rings is 1. The Morgan fingerprint density at radius 2 is 2.31 bits per heavy atom. The molecule has 1 aliphatic heterocycles. The van der Waals surface area contributed by atoms with Crippen LogP contribution in [0.1, 0.15) is 30.5 Å². The van der Waals surface area contributed by atoms with Gasteiger partial charge < -0.3 is 4.79 Å². The van der Waals surface area contributed by atoms with Crippen molar-refractivity contribution in [2.75, 3.05) is 13.1 Å². The van der Waals surface area contributed by atoms with Gasteiger partial charge in [-0.15, -0.1) is 11.3 Å². The molecule has 0 aromatic carbocycles. The summed E-state index contributed by atoms with van der Waals surface area (Å²) in [6.45, 7) is 5.14. The summed E-state index contributed by atoms with van der Waals surface area (Å²) in [5.74, 6) is 0.290. The van der Waals surface area contributed by atoms with Crippen molar-refractivity contribution >= 4 is 17.6 Å². The topological polar surface area (TPSA) is 33.2 Å². The molecule has 0 unspecified atom stereocenters. The molecule has 16 heavy (non-hydrogen) atoms. The van der Waals surface area contributed by atoms with Crippen molar-refractivity contribution in [3.63, 3.8) is 0 Å². The maximum atomic E-state index is 10.6. The molecule has 1 aromatic rings. The van der Waals surface area contributed by atoms with Crippen LogP contribution in [0.15, 0.2) is 5.38 Å². The molecule has 2 rings (SSSR count). The highest BCUT2D eigenvalue weighted by atomic mass is 32.1. The normalized spacial score (nSPS) is 18.8. The van der Waals surface area contributed by atoms with Crippen molar-refractivity contribution in [1.82, 2.24) is 9.88 Å². The fourth-order valence-electron chi connectivity index (χ4n) is 2.06. The number of aromatic nitrogens is 1. The molecule has 0 saturated carbocycles. The molecule has 2 heterocycles. The molecule has 1 fully saturated rings. The fraction of sp³-hybridized carbons (Fsp3) is 0.667. The molecule has 1 aromatic heterocycles. The standard InChI is InChI=1S/C12H18N2OS/c1-2-12-13-11(9-16-12)7-14-5-3-10(8-15)4-6-14/h8-10H,2-7H2,1H3. The van der Waals surface area contributed by atoms with E-state index < -0.39 is 0 Å². The number of carbonyl (C=O) groups is 1. The zero-order chi connectivity index (χ0) is 11.4. The lowest BCUT2D eigenvalue weighted by atomic mass is 9.99. The van der Waals surface area contributed by atoms with Gasteiger partial charge in [0.15, 0.2) is 0 Å². The molecule has 1 aliphatic rings. The lowest BCUT2D eigenvalue weighted by Crippen LogP contribution is -2.33. The zero-order valence-electron chi connectivity index (χ0n) is 9.69. The Morgan fingerprint density at radius 1 is 1.56 bits per heavy atom. The molecule has 0 bridgehead atoms. The SMILES string of the molecule is CCc1nc(CN2CCC(C=O)CC2)cs1. The number of rotatable bonds is 4. The van der Waals surface area contributed by atoms with Gasteiger partial charge in [-0.2, -0.15) is 0 Å². The Kier molecular flexibility index (Phi) is 4.07. The van der Waals surface area contributed by atoms with Gasteiger partial charge in [-0.3, -0.25) is 4.90 Å². The van der Waals surface area contributed by atoms with Gasteiger partial charge in [0.1, 0.15) is 6.29 Å². The summed E-state index contributed by atoms with van der Waals surface area (Å²) in [5.41, 5.74) is 1.19. The van der Waals surface area contributed by atoms with Gasteiger partial charge in [-0.05, 0) is 32.4 Å². The quantitative estimate of drug-likeness (QED) is 0.753. The number of aldehydes is 1. The summed E-state index contributed by atoms with van der Waals surface area (Å²) in [4.78, 5) is 17.6. The fourth-order valence-corrected chi connectivity index (χ4v) is 2.80. The summed E-state index contributed by atoms with van der Waals surface area (Å²) < 4.78 is 0. The summed E-state index contributed by atoms with van der Waals surface area (Å²) >= 11 is 1.75. The van der Waals surface area contributed by atoms with E-state index in [1.807, 2.05) is 0 Å². The summed E-state index contributed by atoms with van der Waals surface area (Å²) in [7, 11) is 0. The van der Waals surface area contributed by atoms with Crippen molar-refractivity contribution in [2.45, 2.75) is 32.7 Å². The van der Waals surface area contributed by atoms with Crippen molar-refractivity contribution in [3.05, 3.63) is 16.1 Å². The van der Waals surface area contributed by atoms with Crippen molar-refractivity contribution < 1.29 is 4.79 Å². The highest BCUT2D eigenvalue weighted by Gasteiger charge is 2.18. The second kappa shape index (κ2) is 5.55. The van der Waals surface area contributed by atoms with Gasteiger partial charge in [0.25, 0.3) is 0 Å². The van der Waals surface area contributed by atoms with E-state index in [-0.39, 0.29) is 5.92 Å². The maximum absolute atomic E-state index is 10.6. The first kappa shape index (κ1) is 11.7. The van der Waals surface area contributed by atoms with E-state index in [0.717, 1.165) is 45.2 Å². The predicted molar refractivity (Wildman–Crippen MR) is 65.6 cm³/mol. The van der Waals surface area contributed by atoms with Crippen LogP contribution in [-0.2, 0) is 17.8 Å². The van der Waals surface area contributed by atoms with E-state index >= 15 is 0 Å². The number of likely N-dealkylation sites (tertiary alicyclic amines) is 1. The van der Waals surface area contributed by atoms with E-state index in [0.29, 0.717) is 0 Å². The average molecular weight is 238 g/mol. The zero-order valence-corrected chi connectivity index (χ0v) is 10.5. The van der Waals surface area contributed by atoms with Crippen LogP contribution in [-0.4, -0.2) is 29.3 Å². The van der Waals surface area contributed by atoms with Crippen LogP contribution < -0.4 is 0 Å². The lowest BCUT2D eigenvalue weighted by molar-refractivity contribution is -0.112. The van der Waals surface area contributed by atoms with Gasteiger partial charge in [-0.25, -0.2) is 4.98 Å². The average Bonchev–Trinajstić information content (AvgIpc) is 2.78. The number of hydrogen-bond acceptors (Lipinski definition) is 4. The number of aryl methyl sites for hydroxylation is 1. The van der Waals surface area contributed by atoms with Crippen LogP contribution in [0.5, 0.6) is 0 Å². The van der Waals surface area contributed by atoms with Gasteiger partial charge >= 0.3 is 0 Å². The monoisotopic (exact) mass is 238 g/mol. The van der Waals surface area contributed by atoms with Crippen LogP contribution in [0.3, 0.4) is 0 Å². The van der Waals surface area contributed by atoms with Gasteiger partial charge in [0, 0.05) is 17.8 Å². The van der Waals surface area contributed by atoms with Crippen molar-refractivity contribution in [3.8, 4) is 0 Å². The van der Waals surface area contributed by atoms with Crippen LogP contribution in [0.2, 0.25) is 0 Å². The van der Waals surface area contributed by atoms with Crippen molar-refractivity contribution in [2.24, 2.45) is 5.92 Å². The van der Waals surface area contributed by atoms with Crippen LogP contribution in [0, 0.1) is 5.92 Å². The largest absolute Gasteiger partial charge is 0.303 e. The Morgan fingerprint density at radius 3 is 2.88 bits per heavy atom. The third kappa shape index (κ3) is 2.89. The van der Waals surface area contributed by atoms with E-state index in [1.54, 1.807) is 11.3 Å². The molecular weight excluding hydrogens is 220 g/mol. The molecule has 0 atom stereocenters. The minimum atomic E-state index is 0.290. The first-order valence-electron chi connectivity index (χ1n) is 5.92. The molecule has 4 heteroatoms. The van der Waals surface area contributed by atoms with Crippen LogP contribution in [0.25, 0.3) is 0 Å². The van der Waals surface area contributed by atoms with E-state index in [9.17, 15) is 4.79 Å². The molecule has 0 radical (unpaired) electrons. The Labute approximate surface area is 100 Å². The van der Waals surface area contributed by atoms with Crippen LogP contribution in [0.4, 0.5) is 0 Å². The third-order valence-electron chi connectivity index (χ3n) is 3.11. The number of hydrogen-bond donors (Lipinski definition) is 0. The van der Waals surface area contributed by atoms with Crippen LogP contribution >= 0.6 is 11.3 Å². The highest BCUT2D eigenvalue weighted by Crippen LogP contribution is 2.18. The molecule has 0 spiro atoms. The van der Waals surface area contributed by atoms with E-state index in [4.69, 9.17) is 0 Å². The number of thiazole rings is 1. The predicted octanol–water partition coefficient (Wildman–Crippen LogP) is 2.12. The minimum Gasteiger partial charge on any atom is -0.303 e. The van der Waals surface area contributed by atoms with Gasteiger partial charge in [-0.1, -0.05) is 6.92 Å². The second-order valence-electron chi connectivity index (χ2n) is 4.34. The Bertz CT molecular complexity index is 343. The smallest absolute Gasteiger partial charge is 0.123 e.